The van der Waals surface area contributed by atoms with Crippen LogP contribution in [0.2, 0.25) is 10.0 Å². The second-order valence-electron chi connectivity index (χ2n) is 6.24. The molecule has 0 radical (unpaired) electrons. The molecule has 0 spiro atoms. The largest absolute Gasteiger partial charge is 0.339 e. The van der Waals surface area contributed by atoms with Crippen LogP contribution < -0.4 is 5.32 Å². The lowest BCUT2D eigenvalue weighted by atomic mass is 10.1. The molecule has 3 rings (SSSR count). The maximum atomic E-state index is 12.6. The van der Waals surface area contributed by atoms with Gasteiger partial charge < -0.3 is 10.2 Å². The second kappa shape index (κ2) is 9.45. The van der Waals surface area contributed by atoms with Crippen molar-refractivity contribution < 1.29 is 9.59 Å². The molecule has 1 aliphatic rings. The predicted molar refractivity (Wildman–Crippen MR) is 117 cm³/mol. The lowest BCUT2D eigenvalue weighted by Gasteiger charge is -2.23. The number of nitrogens with one attached hydrogen (secondary N) is 1. The standard InChI is InChI=1S/C20H19Cl2N3O2S/c1-2-10-25-17(12-18(26)24-16-11-13(21)8-9-15(16)22)19(27)28-20(25)23-14-6-4-3-5-7-14/h3-9,11,17H,2,10,12H2,1H3,(H,24,26). The summed E-state index contributed by atoms with van der Waals surface area (Å²) in [5, 5.41) is 4.14. The summed E-state index contributed by atoms with van der Waals surface area (Å²) in [6.45, 7) is 2.66. The van der Waals surface area contributed by atoms with Gasteiger partial charge in [0.1, 0.15) is 6.04 Å². The Kier molecular flexibility index (Phi) is 6.99. The minimum Gasteiger partial charge on any atom is -0.339 e. The van der Waals surface area contributed by atoms with Crippen molar-refractivity contribution >= 4 is 62.5 Å². The van der Waals surface area contributed by atoms with E-state index in [4.69, 9.17) is 23.2 Å². The number of para-hydroxylation sites is 1. The number of hydrogen-bond donors (Lipinski definition) is 1. The van der Waals surface area contributed by atoms with Crippen molar-refractivity contribution in [2.75, 3.05) is 11.9 Å². The number of benzene rings is 2. The van der Waals surface area contributed by atoms with Gasteiger partial charge in [0.15, 0.2) is 5.17 Å². The van der Waals surface area contributed by atoms with Crippen molar-refractivity contribution in [2.45, 2.75) is 25.8 Å². The Bertz CT molecular complexity index is 906. The van der Waals surface area contributed by atoms with Gasteiger partial charge in [0.25, 0.3) is 0 Å². The molecule has 0 bridgehead atoms. The van der Waals surface area contributed by atoms with Gasteiger partial charge in [-0.25, -0.2) is 4.99 Å². The van der Waals surface area contributed by atoms with E-state index in [0.717, 1.165) is 23.9 Å². The van der Waals surface area contributed by atoms with Crippen LogP contribution in [-0.4, -0.2) is 33.7 Å². The molecule has 0 saturated carbocycles. The molecule has 1 unspecified atom stereocenters. The van der Waals surface area contributed by atoms with Gasteiger partial charge in [0.05, 0.1) is 22.8 Å². The molecule has 1 atom stereocenters. The molecular weight excluding hydrogens is 417 g/mol. The van der Waals surface area contributed by atoms with Gasteiger partial charge in [0, 0.05) is 11.6 Å². The van der Waals surface area contributed by atoms with E-state index in [1.54, 1.807) is 18.2 Å². The highest BCUT2D eigenvalue weighted by Crippen LogP contribution is 2.31. The number of carbonyl (C=O) groups is 2. The van der Waals surface area contributed by atoms with E-state index < -0.39 is 6.04 Å². The Balaban J connectivity index is 1.76. The minimum atomic E-state index is -0.564. The topological polar surface area (TPSA) is 61.8 Å². The fourth-order valence-electron chi connectivity index (χ4n) is 2.83. The van der Waals surface area contributed by atoms with Gasteiger partial charge in [-0.15, -0.1) is 0 Å². The van der Waals surface area contributed by atoms with Gasteiger partial charge in [-0.3, -0.25) is 9.59 Å². The maximum absolute atomic E-state index is 12.6. The first-order valence-electron chi connectivity index (χ1n) is 8.85. The number of rotatable bonds is 6. The summed E-state index contributed by atoms with van der Waals surface area (Å²) in [6, 6.07) is 13.7. The van der Waals surface area contributed by atoms with Crippen LogP contribution in [0.4, 0.5) is 11.4 Å². The van der Waals surface area contributed by atoms with E-state index in [2.05, 4.69) is 10.3 Å². The zero-order valence-corrected chi connectivity index (χ0v) is 17.5. The fraction of sp³-hybridized carbons (Fsp3) is 0.250. The van der Waals surface area contributed by atoms with E-state index in [1.807, 2.05) is 42.2 Å². The third-order valence-corrected chi connectivity index (χ3v) is 5.66. The van der Waals surface area contributed by atoms with Crippen LogP contribution in [0.15, 0.2) is 53.5 Å². The van der Waals surface area contributed by atoms with E-state index in [-0.39, 0.29) is 17.4 Å². The fourth-order valence-corrected chi connectivity index (χ4v) is 4.18. The molecule has 146 valence electrons. The summed E-state index contributed by atoms with van der Waals surface area (Å²) in [5.41, 5.74) is 1.20. The van der Waals surface area contributed by atoms with Crippen LogP contribution in [0.3, 0.4) is 0 Å². The molecule has 1 N–H and O–H groups in total. The summed E-state index contributed by atoms with van der Waals surface area (Å²) in [4.78, 5) is 31.6. The molecular formula is C20H19Cl2N3O2S. The lowest BCUT2D eigenvalue weighted by molar-refractivity contribution is -0.121. The lowest BCUT2D eigenvalue weighted by Crippen LogP contribution is -2.38. The van der Waals surface area contributed by atoms with Gasteiger partial charge in [-0.2, -0.15) is 0 Å². The van der Waals surface area contributed by atoms with Crippen molar-refractivity contribution in [3.63, 3.8) is 0 Å². The SMILES string of the molecule is CCCN1C(=Nc2ccccc2)SC(=O)C1CC(=O)Nc1cc(Cl)ccc1Cl. The summed E-state index contributed by atoms with van der Waals surface area (Å²) >= 11 is 13.1. The minimum absolute atomic E-state index is 0.0164. The number of carbonyl (C=O) groups excluding carboxylic acids is 2. The molecule has 1 fully saturated rings. The number of amides is 1. The first-order valence-corrected chi connectivity index (χ1v) is 10.4. The summed E-state index contributed by atoms with van der Waals surface area (Å²) < 4.78 is 0. The Morgan fingerprint density at radius 2 is 1.96 bits per heavy atom. The molecule has 2 aromatic carbocycles. The quantitative estimate of drug-likeness (QED) is 0.662. The van der Waals surface area contributed by atoms with Crippen molar-refractivity contribution in [2.24, 2.45) is 4.99 Å². The van der Waals surface area contributed by atoms with Crippen molar-refractivity contribution in [3.05, 3.63) is 58.6 Å². The number of thioether (sulfide) groups is 1. The van der Waals surface area contributed by atoms with E-state index in [9.17, 15) is 9.59 Å². The highest BCUT2D eigenvalue weighted by atomic mass is 35.5. The van der Waals surface area contributed by atoms with Gasteiger partial charge in [0.2, 0.25) is 11.0 Å². The number of halogens is 2. The normalized spacial score (nSPS) is 18.0. The molecule has 1 heterocycles. The Labute approximate surface area is 178 Å². The Morgan fingerprint density at radius 1 is 1.21 bits per heavy atom. The predicted octanol–water partition coefficient (Wildman–Crippen LogP) is 5.36. The molecule has 0 aromatic heterocycles. The summed E-state index contributed by atoms with van der Waals surface area (Å²) in [5.74, 6) is -0.301. The molecule has 28 heavy (non-hydrogen) atoms. The Hall–Kier alpha value is -2.02. The monoisotopic (exact) mass is 435 g/mol. The van der Waals surface area contributed by atoms with Gasteiger partial charge in [-0.1, -0.05) is 48.3 Å². The van der Waals surface area contributed by atoms with E-state index in [1.165, 1.54) is 0 Å². The average Bonchev–Trinajstić information content (AvgIpc) is 2.94. The van der Waals surface area contributed by atoms with Crippen LogP contribution in [0.5, 0.6) is 0 Å². The molecule has 5 nitrogen and oxygen atoms in total. The Morgan fingerprint density at radius 3 is 2.68 bits per heavy atom. The van der Waals surface area contributed by atoms with Crippen molar-refractivity contribution in [1.29, 1.82) is 0 Å². The van der Waals surface area contributed by atoms with Gasteiger partial charge >= 0.3 is 0 Å². The van der Waals surface area contributed by atoms with Crippen LogP contribution in [0.25, 0.3) is 0 Å². The van der Waals surface area contributed by atoms with E-state index in [0.29, 0.717) is 27.4 Å². The molecule has 2 aromatic rings. The third-order valence-electron chi connectivity index (χ3n) is 4.11. The zero-order chi connectivity index (χ0) is 20.1. The second-order valence-corrected chi connectivity index (χ2v) is 8.05. The molecule has 8 heteroatoms. The number of amidine groups is 1. The zero-order valence-electron chi connectivity index (χ0n) is 15.2. The summed E-state index contributed by atoms with van der Waals surface area (Å²) in [7, 11) is 0. The van der Waals surface area contributed by atoms with Gasteiger partial charge in [-0.05, 0) is 48.5 Å². The van der Waals surface area contributed by atoms with E-state index >= 15 is 0 Å². The summed E-state index contributed by atoms with van der Waals surface area (Å²) in [6.07, 6.45) is 0.850. The first kappa shape index (κ1) is 20.7. The highest BCUT2D eigenvalue weighted by molar-refractivity contribution is 8.26. The van der Waals surface area contributed by atoms with Crippen LogP contribution in [0.1, 0.15) is 19.8 Å². The highest BCUT2D eigenvalue weighted by Gasteiger charge is 2.39. The molecule has 0 aliphatic carbocycles. The maximum Gasteiger partial charge on any atom is 0.226 e. The number of hydrogen-bond acceptors (Lipinski definition) is 4. The molecule has 1 amide bonds. The third kappa shape index (κ3) is 5.07. The number of aliphatic imine (C=N–C) groups is 1. The van der Waals surface area contributed by atoms with Crippen LogP contribution >= 0.6 is 35.0 Å². The van der Waals surface area contributed by atoms with Crippen LogP contribution in [0, 0.1) is 0 Å². The molecule has 1 saturated heterocycles. The van der Waals surface area contributed by atoms with Crippen LogP contribution in [-0.2, 0) is 9.59 Å². The van der Waals surface area contributed by atoms with Crippen molar-refractivity contribution in [1.82, 2.24) is 4.90 Å². The smallest absolute Gasteiger partial charge is 0.226 e. The number of anilines is 1. The first-order chi connectivity index (χ1) is 13.5. The average molecular weight is 436 g/mol. The van der Waals surface area contributed by atoms with Crippen molar-refractivity contribution in [3.8, 4) is 0 Å². The molecule has 1 aliphatic heterocycles. The number of nitrogens with zero attached hydrogens (tertiary/aromatic N) is 2.